The van der Waals surface area contributed by atoms with E-state index >= 15 is 0 Å². The van der Waals surface area contributed by atoms with Gasteiger partial charge < -0.3 is 21.1 Å². The summed E-state index contributed by atoms with van der Waals surface area (Å²) < 4.78 is 0. The van der Waals surface area contributed by atoms with E-state index in [-0.39, 0.29) is 17.3 Å². The molecule has 4 N–H and O–H groups in total. The van der Waals surface area contributed by atoms with Gasteiger partial charge in [-0.1, -0.05) is 0 Å². The van der Waals surface area contributed by atoms with Crippen LogP contribution in [0.2, 0.25) is 0 Å². The molecule has 0 aliphatic heterocycles. The number of hydrogen-bond acceptors (Lipinski definition) is 4. The quantitative estimate of drug-likeness (QED) is 0.505. The van der Waals surface area contributed by atoms with Crippen LogP contribution in [-0.4, -0.2) is 43.1 Å². The number of amides is 1. The van der Waals surface area contributed by atoms with Crippen LogP contribution < -0.4 is 11.1 Å². The number of aromatic hydroxyl groups is 1. The number of hydrogen-bond donors (Lipinski definition) is 3. The van der Waals surface area contributed by atoms with Gasteiger partial charge in [0, 0.05) is 18.7 Å². The molecule has 0 saturated carbocycles. The highest BCUT2D eigenvalue weighted by Gasteiger charge is 2.06. The highest BCUT2D eigenvalue weighted by atomic mass is 16.3. The van der Waals surface area contributed by atoms with Gasteiger partial charge in [0.05, 0.1) is 5.69 Å². The molecular formula is C11H17N3O2. The summed E-state index contributed by atoms with van der Waals surface area (Å²) in [5.74, 6) is -0.196. The maximum atomic E-state index is 11.6. The second-order valence-electron chi connectivity index (χ2n) is 3.83. The Morgan fingerprint density at radius 2 is 2.19 bits per heavy atom. The van der Waals surface area contributed by atoms with Crippen LogP contribution in [-0.2, 0) is 0 Å². The van der Waals surface area contributed by atoms with Gasteiger partial charge >= 0.3 is 0 Å². The number of nitrogens with two attached hydrogens (primary N) is 1. The first-order valence-corrected chi connectivity index (χ1v) is 5.02. The zero-order valence-electron chi connectivity index (χ0n) is 9.53. The van der Waals surface area contributed by atoms with Gasteiger partial charge in [0.25, 0.3) is 5.91 Å². The molecule has 1 aromatic carbocycles. The summed E-state index contributed by atoms with van der Waals surface area (Å²) in [4.78, 5) is 13.6. The van der Waals surface area contributed by atoms with E-state index < -0.39 is 0 Å². The number of nitrogens with zero attached hydrogens (tertiary/aromatic N) is 1. The van der Waals surface area contributed by atoms with E-state index in [1.807, 2.05) is 19.0 Å². The summed E-state index contributed by atoms with van der Waals surface area (Å²) in [6.45, 7) is 1.35. The van der Waals surface area contributed by atoms with Gasteiger partial charge in [0.15, 0.2) is 0 Å². The Balaban J connectivity index is 2.56. The minimum Gasteiger partial charge on any atom is -0.506 e. The van der Waals surface area contributed by atoms with Crippen LogP contribution in [0.3, 0.4) is 0 Å². The second kappa shape index (κ2) is 5.37. The SMILES string of the molecule is CN(C)CCNC(=O)c1ccc(O)c(N)c1. The Kier molecular flexibility index (Phi) is 4.13. The molecule has 0 spiro atoms. The van der Waals surface area contributed by atoms with Gasteiger partial charge in [0.2, 0.25) is 0 Å². The Labute approximate surface area is 94.9 Å². The number of benzene rings is 1. The van der Waals surface area contributed by atoms with Gasteiger partial charge in [-0.25, -0.2) is 0 Å². The first kappa shape index (κ1) is 12.3. The molecule has 0 aliphatic rings. The lowest BCUT2D eigenvalue weighted by molar-refractivity contribution is 0.0951. The molecule has 0 fully saturated rings. The van der Waals surface area contributed by atoms with Crippen LogP contribution in [0.4, 0.5) is 5.69 Å². The zero-order valence-corrected chi connectivity index (χ0v) is 9.53. The molecule has 0 aromatic heterocycles. The lowest BCUT2D eigenvalue weighted by Crippen LogP contribution is -2.31. The molecule has 1 rings (SSSR count). The fraction of sp³-hybridized carbons (Fsp3) is 0.364. The average Bonchev–Trinajstić information content (AvgIpc) is 2.21. The van der Waals surface area contributed by atoms with Crippen LogP contribution in [0.15, 0.2) is 18.2 Å². The monoisotopic (exact) mass is 223 g/mol. The second-order valence-corrected chi connectivity index (χ2v) is 3.83. The maximum absolute atomic E-state index is 11.6. The van der Waals surface area contributed by atoms with E-state index in [1.165, 1.54) is 18.2 Å². The summed E-state index contributed by atoms with van der Waals surface area (Å²) in [5, 5.41) is 12.0. The number of anilines is 1. The van der Waals surface area contributed by atoms with E-state index in [9.17, 15) is 9.90 Å². The number of phenolic OH excluding ortho intramolecular Hbond substituents is 1. The van der Waals surface area contributed by atoms with Crippen LogP contribution >= 0.6 is 0 Å². The molecule has 0 atom stereocenters. The number of phenols is 1. The van der Waals surface area contributed by atoms with Gasteiger partial charge in [0.1, 0.15) is 5.75 Å². The van der Waals surface area contributed by atoms with E-state index in [0.717, 1.165) is 6.54 Å². The fourth-order valence-corrected chi connectivity index (χ4v) is 1.19. The molecule has 0 unspecified atom stereocenters. The third-order valence-corrected chi connectivity index (χ3v) is 2.13. The first-order chi connectivity index (χ1) is 7.50. The molecule has 0 bridgehead atoms. The Morgan fingerprint density at radius 3 is 2.75 bits per heavy atom. The smallest absolute Gasteiger partial charge is 0.251 e. The van der Waals surface area contributed by atoms with Crippen molar-refractivity contribution in [1.29, 1.82) is 0 Å². The van der Waals surface area contributed by atoms with Crippen molar-refractivity contribution in [2.24, 2.45) is 0 Å². The predicted octanol–water partition coefficient (Wildman–Crippen LogP) is 0.266. The standard InChI is InChI=1S/C11H17N3O2/c1-14(2)6-5-13-11(16)8-3-4-10(15)9(12)7-8/h3-4,7,15H,5-6,12H2,1-2H3,(H,13,16). The third kappa shape index (κ3) is 3.43. The zero-order chi connectivity index (χ0) is 12.1. The Hall–Kier alpha value is -1.75. The van der Waals surface area contributed by atoms with E-state index in [2.05, 4.69) is 5.32 Å². The van der Waals surface area contributed by atoms with Crippen molar-refractivity contribution in [2.75, 3.05) is 32.9 Å². The molecule has 5 heteroatoms. The third-order valence-electron chi connectivity index (χ3n) is 2.13. The number of carbonyl (C=O) groups excluding carboxylic acids is 1. The molecule has 0 heterocycles. The molecule has 88 valence electrons. The molecule has 1 aromatic rings. The van der Waals surface area contributed by atoms with Crippen molar-refractivity contribution in [2.45, 2.75) is 0 Å². The summed E-state index contributed by atoms with van der Waals surface area (Å²) >= 11 is 0. The molecular weight excluding hydrogens is 206 g/mol. The predicted molar refractivity (Wildman–Crippen MR) is 63.4 cm³/mol. The summed E-state index contributed by atoms with van der Waals surface area (Å²) in [7, 11) is 3.87. The number of nitrogen functional groups attached to an aromatic ring is 1. The Morgan fingerprint density at radius 1 is 1.50 bits per heavy atom. The lowest BCUT2D eigenvalue weighted by atomic mass is 10.2. The first-order valence-electron chi connectivity index (χ1n) is 5.02. The van der Waals surface area contributed by atoms with Crippen molar-refractivity contribution < 1.29 is 9.90 Å². The van der Waals surface area contributed by atoms with Crippen molar-refractivity contribution >= 4 is 11.6 Å². The lowest BCUT2D eigenvalue weighted by Gasteiger charge is -2.10. The molecule has 0 saturated heterocycles. The average molecular weight is 223 g/mol. The van der Waals surface area contributed by atoms with Crippen LogP contribution in [0, 0.1) is 0 Å². The number of carbonyl (C=O) groups is 1. The maximum Gasteiger partial charge on any atom is 0.251 e. The molecule has 16 heavy (non-hydrogen) atoms. The van der Waals surface area contributed by atoms with Gasteiger partial charge in [-0.05, 0) is 32.3 Å². The van der Waals surface area contributed by atoms with E-state index in [1.54, 1.807) is 0 Å². The van der Waals surface area contributed by atoms with E-state index in [4.69, 9.17) is 5.73 Å². The van der Waals surface area contributed by atoms with Crippen molar-refractivity contribution in [3.8, 4) is 5.75 Å². The largest absolute Gasteiger partial charge is 0.506 e. The van der Waals surface area contributed by atoms with Gasteiger partial charge in [-0.2, -0.15) is 0 Å². The molecule has 0 radical (unpaired) electrons. The Bertz CT molecular complexity index is 377. The summed E-state index contributed by atoms with van der Waals surface area (Å²) in [6, 6.07) is 4.41. The van der Waals surface area contributed by atoms with Crippen molar-refractivity contribution in [1.82, 2.24) is 10.2 Å². The highest BCUT2D eigenvalue weighted by Crippen LogP contribution is 2.20. The normalized spacial score (nSPS) is 10.4. The van der Waals surface area contributed by atoms with Gasteiger partial charge in [-0.3, -0.25) is 4.79 Å². The van der Waals surface area contributed by atoms with Crippen molar-refractivity contribution in [3.05, 3.63) is 23.8 Å². The van der Waals surface area contributed by atoms with Crippen molar-refractivity contribution in [3.63, 3.8) is 0 Å². The summed E-state index contributed by atoms with van der Waals surface area (Å²) in [6.07, 6.45) is 0. The number of rotatable bonds is 4. The topological polar surface area (TPSA) is 78.6 Å². The summed E-state index contributed by atoms with van der Waals surface area (Å²) in [5.41, 5.74) is 6.16. The van der Waals surface area contributed by atoms with Gasteiger partial charge in [-0.15, -0.1) is 0 Å². The molecule has 0 aliphatic carbocycles. The van der Waals surface area contributed by atoms with Crippen LogP contribution in [0.5, 0.6) is 5.75 Å². The number of likely N-dealkylation sites (N-methyl/N-ethyl adjacent to an activating group) is 1. The van der Waals surface area contributed by atoms with Crippen LogP contribution in [0.25, 0.3) is 0 Å². The van der Waals surface area contributed by atoms with Crippen LogP contribution in [0.1, 0.15) is 10.4 Å². The number of nitrogens with one attached hydrogen (secondary N) is 1. The van der Waals surface area contributed by atoms with E-state index in [0.29, 0.717) is 12.1 Å². The minimum atomic E-state index is -0.187. The highest BCUT2D eigenvalue weighted by molar-refractivity contribution is 5.95. The molecule has 5 nitrogen and oxygen atoms in total. The minimum absolute atomic E-state index is 0.00941. The fourth-order valence-electron chi connectivity index (χ4n) is 1.19. The molecule has 1 amide bonds.